The van der Waals surface area contributed by atoms with E-state index in [4.69, 9.17) is 9.47 Å². The van der Waals surface area contributed by atoms with Crippen molar-refractivity contribution < 1.29 is 14.3 Å². The Hall–Kier alpha value is -1.20. The molecule has 0 spiro atoms. The summed E-state index contributed by atoms with van der Waals surface area (Å²) < 4.78 is 10.9. The SMILES string of the molecule is CC(C)Oc1ccc(C(=O)NCCSC2CCOCC2)cc1. The highest BCUT2D eigenvalue weighted by Gasteiger charge is 2.13. The zero-order valence-corrected chi connectivity index (χ0v) is 14.2. The van der Waals surface area contributed by atoms with Gasteiger partial charge in [0.1, 0.15) is 5.75 Å². The molecule has 1 aromatic carbocycles. The lowest BCUT2D eigenvalue weighted by Crippen LogP contribution is -2.27. The van der Waals surface area contributed by atoms with Crippen LogP contribution in [-0.2, 0) is 4.74 Å². The average Bonchev–Trinajstić information content (AvgIpc) is 2.52. The van der Waals surface area contributed by atoms with E-state index in [-0.39, 0.29) is 12.0 Å². The molecule has 1 aromatic rings. The summed E-state index contributed by atoms with van der Waals surface area (Å²) in [7, 11) is 0. The van der Waals surface area contributed by atoms with Crippen molar-refractivity contribution in [3.8, 4) is 5.75 Å². The molecule has 1 N–H and O–H groups in total. The Morgan fingerprint density at radius 3 is 2.64 bits per heavy atom. The predicted octanol–water partition coefficient (Wildman–Crippen LogP) is 3.12. The minimum Gasteiger partial charge on any atom is -0.491 e. The predicted molar refractivity (Wildman–Crippen MR) is 90.8 cm³/mol. The Labute approximate surface area is 137 Å². The van der Waals surface area contributed by atoms with Gasteiger partial charge in [0.25, 0.3) is 5.91 Å². The van der Waals surface area contributed by atoms with Gasteiger partial charge in [-0.25, -0.2) is 0 Å². The number of nitrogens with one attached hydrogen (secondary N) is 1. The van der Waals surface area contributed by atoms with Crippen LogP contribution in [-0.4, -0.2) is 42.8 Å². The molecular weight excluding hydrogens is 298 g/mol. The lowest BCUT2D eigenvalue weighted by atomic mass is 10.2. The molecule has 1 fully saturated rings. The molecule has 122 valence electrons. The number of thioether (sulfide) groups is 1. The number of amides is 1. The maximum Gasteiger partial charge on any atom is 0.251 e. The van der Waals surface area contributed by atoms with Crippen LogP contribution in [0.25, 0.3) is 0 Å². The molecule has 1 aliphatic heterocycles. The zero-order chi connectivity index (χ0) is 15.8. The molecule has 4 nitrogen and oxygen atoms in total. The molecule has 5 heteroatoms. The normalized spacial score (nSPS) is 15.8. The van der Waals surface area contributed by atoms with Crippen molar-refractivity contribution in [1.82, 2.24) is 5.32 Å². The Balaban J connectivity index is 1.68. The summed E-state index contributed by atoms with van der Waals surface area (Å²) in [5.41, 5.74) is 0.673. The summed E-state index contributed by atoms with van der Waals surface area (Å²) in [4.78, 5) is 12.0. The number of ether oxygens (including phenoxy) is 2. The van der Waals surface area contributed by atoms with Crippen LogP contribution >= 0.6 is 11.8 Å². The molecule has 0 unspecified atom stereocenters. The summed E-state index contributed by atoms with van der Waals surface area (Å²) in [5, 5.41) is 3.65. The standard InChI is InChI=1S/C17H25NO3S/c1-13(2)21-15-5-3-14(4-6-15)17(19)18-9-12-22-16-7-10-20-11-8-16/h3-6,13,16H,7-12H2,1-2H3,(H,18,19). The van der Waals surface area contributed by atoms with Gasteiger partial charge in [0.15, 0.2) is 0 Å². The minimum absolute atomic E-state index is 0.0244. The molecule has 0 saturated carbocycles. The van der Waals surface area contributed by atoms with Crippen LogP contribution in [0.2, 0.25) is 0 Å². The largest absolute Gasteiger partial charge is 0.491 e. The molecule has 1 amide bonds. The molecular formula is C17H25NO3S. The van der Waals surface area contributed by atoms with Crippen molar-refractivity contribution in [3.63, 3.8) is 0 Å². The lowest BCUT2D eigenvalue weighted by Gasteiger charge is -2.21. The molecule has 0 aromatic heterocycles. The van der Waals surface area contributed by atoms with E-state index in [2.05, 4.69) is 5.32 Å². The van der Waals surface area contributed by atoms with Gasteiger partial charge in [-0.3, -0.25) is 4.79 Å². The van der Waals surface area contributed by atoms with Crippen LogP contribution in [0, 0.1) is 0 Å². The van der Waals surface area contributed by atoms with Gasteiger partial charge in [-0.15, -0.1) is 0 Å². The first-order valence-electron chi connectivity index (χ1n) is 7.89. The van der Waals surface area contributed by atoms with E-state index in [1.807, 2.05) is 37.7 Å². The highest BCUT2D eigenvalue weighted by Crippen LogP contribution is 2.21. The fraction of sp³-hybridized carbons (Fsp3) is 0.588. The summed E-state index contributed by atoms with van der Waals surface area (Å²) in [6.07, 6.45) is 2.38. The molecule has 0 atom stereocenters. The summed E-state index contributed by atoms with van der Waals surface area (Å²) in [6, 6.07) is 7.29. The van der Waals surface area contributed by atoms with Gasteiger partial charge in [-0.2, -0.15) is 11.8 Å². The molecule has 0 radical (unpaired) electrons. The highest BCUT2D eigenvalue weighted by atomic mass is 32.2. The summed E-state index contributed by atoms with van der Waals surface area (Å²) in [5.74, 6) is 1.72. The van der Waals surface area contributed by atoms with Crippen LogP contribution in [0.5, 0.6) is 5.75 Å². The van der Waals surface area contributed by atoms with Gasteiger partial charge in [0.05, 0.1) is 6.10 Å². The maximum atomic E-state index is 12.0. The Bertz CT molecular complexity index is 455. The van der Waals surface area contributed by atoms with Crippen LogP contribution in [0.4, 0.5) is 0 Å². The van der Waals surface area contributed by atoms with Gasteiger partial charge < -0.3 is 14.8 Å². The van der Waals surface area contributed by atoms with Crippen molar-refractivity contribution in [1.29, 1.82) is 0 Å². The molecule has 0 aliphatic carbocycles. The molecule has 1 heterocycles. The van der Waals surface area contributed by atoms with Crippen LogP contribution in [0.1, 0.15) is 37.0 Å². The van der Waals surface area contributed by atoms with Crippen LogP contribution in [0.15, 0.2) is 24.3 Å². The number of carbonyl (C=O) groups is 1. The third-order valence-electron chi connectivity index (χ3n) is 3.40. The average molecular weight is 323 g/mol. The number of benzene rings is 1. The number of hydrogen-bond donors (Lipinski definition) is 1. The molecule has 0 bridgehead atoms. The molecule has 1 aliphatic rings. The van der Waals surface area contributed by atoms with Gasteiger partial charge in [0, 0.05) is 36.3 Å². The number of hydrogen-bond acceptors (Lipinski definition) is 4. The highest BCUT2D eigenvalue weighted by molar-refractivity contribution is 7.99. The second kappa shape index (κ2) is 9.06. The van der Waals surface area contributed by atoms with E-state index in [0.717, 1.165) is 37.6 Å². The van der Waals surface area contributed by atoms with Gasteiger partial charge in [-0.1, -0.05) is 0 Å². The monoisotopic (exact) mass is 323 g/mol. The third-order valence-corrected chi connectivity index (χ3v) is 4.78. The summed E-state index contributed by atoms with van der Waals surface area (Å²) in [6.45, 7) is 6.40. The van der Waals surface area contributed by atoms with Crippen LogP contribution < -0.4 is 10.1 Å². The van der Waals surface area contributed by atoms with Gasteiger partial charge >= 0.3 is 0 Å². The fourth-order valence-corrected chi connectivity index (χ4v) is 3.37. The first-order chi connectivity index (χ1) is 10.6. The molecule has 22 heavy (non-hydrogen) atoms. The maximum absolute atomic E-state index is 12.0. The van der Waals surface area contributed by atoms with E-state index in [0.29, 0.717) is 17.4 Å². The quantitative estimate of drug-likeness (QED) is 0.783. The molecule has 2 rings (SSSR count). The van der Waals surface area contributed by atoms with E-state index in [1.165, 1.54) is 0 Å². The van der Waals surface area contributed by atoms with Gasteiger partial charge in [-0.05, 0) is 51.0 Å². The van der Waals surface area contributed by atoms with Crippen molar-refractivity contribution in [2.24, 2.45) is 0 Å². The van der Waals surface area contributed by atoms with E-state index < -0.39 is 0 Å². The van der Waals surface area contributed by atoms with Crippen molar-refractivity contribution >= 4 is 17.7 Å². The van der Waals surface area contributed by atoms with E-state index in [9.17, 15) is 4.79 Å². The second-order valence-electron chi connectivity index (χ2n) is 5.63. The Morgan fingerprint density at radius 1 is 1.32 bits per heavy atom. The smallest absolute Gasteiger partial charge is 0.251 e. The molecule has 1 saturated heterocycles. The first-order valence-corrected chi connectivity index (χ1v) is 8.94. The van der Waals surface area contributed by atoms with Crippen molar-refractivity contribution in [3.05, 3.63) is 29.8 Å². The van der Waals surface area contributed by atoms with Crippen molar-refractivity contribution in [2.75, 3.05) is 25.5 Å². The second-order valence-corrected chi connectivity index (χ2v) is 7.04. The lowest BCUT2D eigenvalue weighted by molar-refractivity contribution is 0.0955. The zero-order valence-electron chi connectivity index (χ0n) is 13.3. The van der Waals surface area contributed by atoms with Crippen LogP contribution in [0.3, 0.4) is 0 Å². The van der Waals surface area contributed by atoms with Gasteiger partial charge in [0.2, 0.25) is 0 Å². The topological polar surface area (TPSA) is 47.6 Å². The Kier molecular flexibility index (Phi) is 7.06. The van der Waals surface area contributed by atoms with E-state index in [1.54, 1.807) is 12.1 Å². The number of rotatable bonds is 7. The minimum atomic E-state index is -0.0244. The first kappa shape index (κ1) is 17.2. The van der Waals surface area contributed by atoms with Crippen molar-refractivity contribution in [2.45, 2.75) is 38.0 Å². The van der Waals surface area contributed by atoms with E-state index >= 15 is 0 Å². The summed E-state index contributed by atoms with van der Waals surface area (Å²) >= 11 is 1.93. The fourth-order valence-electron chi connectivity index (χ4n) is 2.29. The third kappa shape index (κ3) is 5.89. The Morgan fingerprint density at radius 2 is 2.00 bits per heavy atom. The number of carbonyl (C=O) groups excluding carboxylic acids is 1.